The van der Waals surface area contributed by atoms with E-state index in [1.165, 1.54) is 29.9 Å². The molecular formula is C18H22N2O5S2. The van der Waals surface area contributed by atoms with Crippen molar-refractivity contribution in [2.75, 3.05) is 27.3 Å². The molecule has 0 saturated carbocycles. The molecule has 2 aromatic rings. The lowest BCUT2D eigenvalue weighted by Gasteiger charge is -2.23. The van der Waals surface area contributed by atoms with Crippen molar-refractivity contribution in [1.82, 2.24) is 9.62 Å². The fourth-order valence-corrected chi connectivity index (χ4v) is 5.96. The second-order valence-electron chi connectivity index (χ2n) is 6.12. The smallest absolute Gasteiger partial charge is 0.252 e. The van der Waals surface area contributed by atoms with E-state index in [-0.39, 0.29) is 18.5 Å². The van der Waals surface area contributed by atoms with Gasteiger partial charge in [0.2, 0.25) is 0 Å². The zero-order valence-corrected chi connectivity index (χ0v) is 16.8. The van der Waals surface area contributed by atoms with Crippen LogP contribution in [0.15, 0.2) is 39.9 Å². The fraction of sp³-hybridized carbons (Fsp3) is 0.389. The van der Waals surface area contributed by atoms with Crippen LogP contribution in [0.1, 0.15) is 23.2 Å². The van der Waals surface area contributed by atoms with Crippen LogP contribution in [-0.4, -0.2) is 52.0 Å². The van der Waals surface area contributed by atoms with Crippen LogP contribution < -0.4 is 14.8 Å². The minimum absolute atomic E-state index is 0.249. The summed E-state index contributed by atoms with van der Waals surface area (Å²) in [5.74, 6) is 0.724. The number of thiophene rings is 1. The van der Waals surface area contributed by atoms with Crippen LogP contribution in [0.4, 0.5) is 0 Å². The quantitative estimate of drug-likeness (QED) is 0.757. The largest absolute Gasteiger partial charge is 0.493 e. The second-order valence-corrected chi connectivity index (χ2v) is 9.19. The van der Waals surface area contributed by atoms with Crippen LogP contribution in [0, 0.1) is 0 Å². The van der Waals surface area contributed by atoms with Crippen LogP contribution >= 0.6 is 11.3 Å². The number of nitrogens with zero attached hydrogens (tertiary/aromatic N) is 1. The SMILES string of the molecule is COc1ccc(C(=O)NC[C@@H]2CCCN2S(=O)(=O)c2cccs2)cc1OC. The first kappa shape index (κ1) is 19.7. The van der Waals surface area contributed by atoms with Crippen LogP contribution in [0.3, 0.4) is 0 Å². The van der Waals surface area contributed by atoms with Crippen LogP contribution in [0.5, 0.6) is 11.5 Å². The van der Waals surface area contributed by atoms with Gasteiger partial charge in [-0.25, -0.2) is 8.42 Å². The van der Waals surface area contributed by atoms with Gasteiger partial charge in [-0.15, -0.1) is 11.3 Å². The highest BCUT2D eigenvalue weighted by Gasteiger charge is 2.35. The van der Waals surface area contributed by atoms with E-state index >= 15 is 0 Å². The summed E-state index contributed by atoms with van der Waals surface area (Å²) in [6.45, 7) is 0.731. The normalized spacial score (nSPS) is 17.6. The summed E-state index contributed by atoms with van der Waals surface area (Å²) in [7, 11) is -0.479. The number of benzene rings is 1. The number of nitrogens with one attached hydrogen (secondary N) is 1. The minimum atomic E-state index is -3.51. The third-order valence-electron chi connectivity index (χ3n) is 4.53. The van der Waals surface area contributed by atoms with Gasteiger partial charge >= 0.3 is 0 Å². The Hall–Kier alpha value is -2.10. The lowest BCUT2D eigenvalue weighted by Crippen LogP contribution is -2.42. The molecular weight excluding hydrogens is 388 g/mol. The highest BCUT2D eigenvalue weighted by molar-refractivity contribution is 7.91. The number of sulfonamides is 1. The molecule has 1 fully saturated rings. The van der Waals surface area contributed by atoms with E-state index < -0.39 is 10.0 Å². The third-order valence-corrected chi connectivity index (χ3v) is 7.85. The summed E-state index contributed by atoms with van der Waals surface area (Å²) < 4.78 is 37.8. The van der Waals surface area contributed by atoms with E-state index in [1.807, 2.05) is 0 Å². The average Bonchev–Trinajstić information content (AvgIpc) is 3.37. The Labute approximate surface area is 163 Å². The van der Waals surface area contributed by atoms with Crippen molar-refractivity contribution in [2.45, 2.75) is 23.1 Å². The highest BCUT2D eigenvalue weighted by atomic mass is 32.2. The molecule has 27 heavy (non-hydrogen) atoms. The van der Waals surface area contributed by atoms with Crippen molar-refractivity contribution in [2.24, 2.45) is 0 Å². The first-order valence-electron chi connectivity index (χ1n) is 8.53. The highest BCUT2D eigenvalue weighted by Crippen LogP contribution is 2.29. The predicted octanol–water partition coefficient (Wildman–Crippen LogP) is 2.35. The molecule has 1 aliphatic rings. The topological polar surface area (TPSA) is 84.9 Å². The van der Waals surface area contributed by atoms with Crippen LogP contribution in [-0.2, 0) is 10.0 Å². The van der Waals surface area contributed by atoms with E-state index in [0.29, 0.717) is 27.8 Å². The second kappa shape index (κ2) is 8.28. The number of amides is 1. The fourth-order valence-electron chi connectivity index (χ4n) is 3.15. The Kier molecular flexibility index (Phi) is 6.03. The van der Waals surface area contributed by atoms with E-state index in [4.69, 9.17) is 9.47 Å². The summed E-state index contributed by atoms with van der Waals surface area (Å²) >= 11 is 1.20. The summed E-state index contributed by atoms with van der Waals surface area (Å²) in [6, 6.07) is 7.99. The molecule has 1 aliphatic heterocycles. The number of ether oxygens (including phenoxy) is 2. The maximum absolute atomic E-state index is 12.8. The predicted molar refractivity (Wildman–Crippen MR) is 103 cm³/mol. The van der Waals surface area contributed by atoms with Crippen molar-refractivity contribution < 1.29 is 22.7 Å². The molecule has 2 heterocycles. The van der Waals surface area contributed by atoms with Crippen LogP contribution in [0.25, 0.3) is 0 Å². The molecule has 0 aliphatic carbocycles. The van der Waals surface area contributed by atoms with Crippen molar-refractivity contribution in [1.29, 1.82) is 0 Å². The molecule has 0 unspecified atom stereocenters. The van der Waals surface area contributed by atoms with Gasteiger partial charge in [0.25, 0.3) is 15.9 Å². The molecule has 0 bridgehead atoms. The Morgan fingerprint density at radius 1 is 1.26 bits per heavy atom. The summed E-state index contributed by atoms with van der Waals surface area (Å²) in [4.78, 5) is 12.5. The number of carbonyl (C=O) groups is 1. The van der Waals surface area contributed by atoms with E-state index in [2.05, 4.69) is 5.32 Å². The van der Waals surface area contributed by atoms with Gasteiger partial charge in [-0.05, 0) is 42.5 Å². The van der Waals surface area contributed by atoms with Gasteiger partial charge in [0.1, 0.15) is 4.21 Å². The Balaban J connectivity index is 1.68. The lowest BCUT2D eigenvalue weighted by atomic mass is 10.1. The summed E-state index contributed by atoms with van der Waals surface area (Å²) in [6.07, 6.45) is 1.50. The van der Waals surface area contributed by atoms with Gasteiger partial charge in [-0.3, -0.25) is 4.79 Å². The standard InChI is InChI=1S/C18H22N2O5S2/c1-24-15-8-7-13(11-16(15)25-2)18(21)19-12-14-5-3-9-20(14)27(22,23)17-6-4-10-26-17/h4,6-8,10-11,14H,3,5,9,12H2,1-2H3,(H,19,21)/t14-/m0/s1. The molecule has 146 valence electrons. The number of methoxy groups -OCH3 is 2. The molecule has 0 spiro atoms. The molecule has 1 N–H and O–H groups in total. The Bertz CT molecular complexity index is 896. The van der Waals surface area contributed by atoms with Gasteiger partial charge in [0, 0.05) is 24.7 Å². The number of carbonyl (C=O) groups excluding carboxylic acids is 1. The van der Waals surface area contributed by atoms with E-state index in [0.717, 1.165) is 12.8 Å². The molecule has 1 amide bonds. The number of hydrogen-bond acceptors (Lipinski definition) is 6. The average molecular weight is 411 g/mol. The van der Waals surface area contributed by atoms with Crippen molar-refractivity contribution in [3.05, 3.63) is 41.3 Å². The Morgan fingerprint density at radius 3 is 2.70 bits per heavy atom. The van der Waals surface area contributed by atoms with Gasteiger partial charge < -0.3 is 14.8 Å². The van der Waals surface area contributed by atoms with Crippen molar-refractivity contribution >= 4 is 27.3 Å². The maximum atomic E-state index is 12.8. The lowest BCUT2D eigenvalue weighted by molar-refractivity contribution is 0.0946. The van der Waals surface area contributed by atoms with Gasteiger partial charge in [0.05, 0.1) is 14.2 Å². The van der Waals surface area contributed by atoms with Gasteiger partial charge in [-0.1, -0.05) is 6.07 Å². The minimum Gasteiger partial charge on any atom is -0.493 e. The summed E-state index contributed by atoms with van der Waals surface area (Å²) in [5, 5.41) is 4.59. The van der Waals surface area contributed by atoms with E-state index in [9.17, 15) is 13.2 Å². The van der Waals surface area contributed by atoms with Gasteiger partial charge in [-0.2, -0.15) is 4.31 Å². The van der Waals surface area contributed by atoms with Crippen molar-refractivity contribution in [3.63, 3.8) is 0 Å². The number of rotatable bonds is 7. The summed E-state index contributed by atoms with van der Waals surface area (Å²) in [5.41, 5.74) is 0.429. The molecule has 1 aromatic heterocycles. The molecule has 3 rings (SSSR count). The Morgan fingerprint density at radius 2 is 2.04 bits per heavy atom. The maximum Gasteiger partial charge on any atom is 0.252 e. The zero-order chi connectivity index (χ0) is 19.4. The first-order chi connectivity index (χ1) is 13.0. The molecule has 0 radical (unpaired) electrons. The molecule has 1 aromatic carbocycles. The monoisotopic (exact) mass is 410 g/mol. The first-order valence-corrected chi connectivity index (χ1v) is 10.8. The zero-order valence-electron chi connectivity index (χ0n) is 15.2. The third kappa shape index (κ3) is 4.10. The number of hydrogen-bond donors (Lipinski definition) is 1. The molecule has 1 saturated heterocycles. The molecule has 1 atom stereocenters. The molecule has 7 nitrogen and oxygen atoms in total. The van der Waals surface area contributed by atoms with Gasteiger partial charge in [0.15, 0.2) is 11.5 Å². The van der Waals surface area contributed by atoms with Crippen LogP contribution in [0.2, 0.25) is 0 Å². The van der Waals surface area contributed by atoms with E-state index in [1.54, 1.807) is 35.7 Å². The molecule has 9 heteroatoms. The van der Waals surface area contributed by atoms with Crippen molar-refractivity contribution in [3.8, 4) is 11.5 Å².